The molecule has 1 saturated carbocycles. The summed E-state index contributed by atoms with van der Waals surface area (Å²) < 4.78 is 26.2. The van der Waals surface area contributed by atoms with Gasteiger partial charge in [-0.2, -0.15) is 0 Å². The first-order valence-electron chi connectivity index (χ1n) is 4.96. The number of rotatable bonds is 0. The molecule has 2 unspecified atom stereocenters. The van der Waals surface area contributed by atoms with Gasteiger partial charge in [-0.1, -0.05) is 12.8 Å². The van der Waals surface area contributed by atoms with E-state index < -0.39 is 10.0 Å². The van der Waals surface area contributed by atoms with Gasteiger partial charge in [0.1, 0.15) is 0 Å². The second kappa shape index (κ2) is 2.70. The van der Waals surface area contributed by atoms with Gasteiger partial charge in [0.25, 0.3) is 0 Å². The molecule has 4 heteroatoms. The molecule has 1 heterocycles. The maximum atomic E-state index is 11.7. The SMILES string of the molecule is CC1(C)NS(=O)(=O)C2CCCCC21. The van der Waals surface area contributed by atoms with Crippen LogP contribution in [-0.2, 0) is 10.0 Å². The van der Waals surface area contributed by atoms with Crippen LogP contribution < -0.4 is 4.72 Å². The van der Waals surface area contributed by atoms with Crippen molar-refractivity contribution in [3.8, 4) is 0 Å². The second-order valence-corrected chi connectivity index (χ2v) is 6.70. The Morgan fingerprint density at radius 2 is 1.85 bits per heavy atom. The van der Waals surface area contributed by atoms with Gasteiger partial charge in [0.2, 0.25) is 10.0 Å². The first-order chi connectivity index (χ1) is 5.93. The molecule has 2 fully saturated rings. The fraction of sp³-hybridized carbons (Fsp3) is 1.00. The number of nitrogens with one attached hydrogen (secondary N) is 1. The van der Waals surface area contributed by atoms with Gasteiger partial charge in [-0.3, -0.25) is 0 Å². The van der Waals surface area contributed by atoms with E-state index in [-0.39, 0.29) is 10.8 Å². The maximum absolute atomic E-state index is 11.7. The fourth-order valence-corrected chi connectivity index (χ4v) is 5.23. The third-order valence-electron chi connectivity index (χ3n) is 3.43. The molecule has 0 amide bonds. The Bertz CT molecular complexity index is 308. The monoisotopic (exact) mass is 203 g/mol. The van der Waals surface area contributed by atoms with Crippen molar-refractivity contribution in [1.82, 2.24) is 4.72 Å². The van der Waals surface area contributed by atoms with Gasteiger partial charge in [-0.25, -0.2) is 13.1 Å². The summed E-state index contributed by atoms with van der Waals surface area (Å²) >= 11 is 0. The van der Waals surface area contributed by atoms with Crippen molar-refractivity contribution in [3.63, 3.8) is 0 Å². The van der Waals surface area contributed by atoms with Gasteiger partial charge < -0.3 is 0 Å². The molecule has 2 aliphatic rings. The third kappa shape index (κ3) is 1.40. The van der Waals surface area contributed by atoms with Crippen LogP contribution in [0.2, 0.25) is 0 Å². The van der Waals surface area contributed by atoms with Crippen molar-refractivity contribution in [2.24, 2.45) is 5.92 Å². The van der Waals surface area contributed by atoms with Crippen LogP contribution in [0, 0.1) is 5.92 Å². The molecule has 1 saturated heterocycles. The van der Waals surface area contributed by atoms with Crippen LogP contribution in [0.4, 0.5) is 0 Å². The van der Waals surface area contributed by atoms with E-state index >= 15 is 0 Å². The van der Waals surface area contributed by atoms with Crippen molar-refractivity contribution in [1.29, 1.82) is 0 Å². The number of fused-ring (bicyclic) bond motifs is 1. The molecule has 2 rings (SSSR count). The molecule has 0 aromatic rings. The Hall–Kier alpha value is -0.0900. The highest BCUT2D eigenvalue weighted by molar-refractivity contribution is 7.90. The maximum Gasteiger partial charge on any atom is 0.215 e. The normalized spacial score (nSPS) is 41.4. The van der Waals surface area contributed by atoms with Gasteiger partial charge in [0.05, 0.1) is 5.25 Å². The topological polar surface area (TPSA) is 46.2 Å². The zero-order valence-corrected chi connectivity index (χ0v) is 9.02. The summed E-state index contributed by atoms with van der Waals surface area (Å²) in [5.74, 6) is 0.325. The fourth-order valence-electron chi connectivity index (χ4n) is 2.81. The van der Waals surface area contributed by atoms with E-state index in [2.05, 4.69) is 4.72 Å². The Kier molecular flexibility index (Phi) is 1.97. The molecule has 1 aliphatic carbocycles. The summed E-state index contributed by atoms with van der Waals surface area (Å²) in [6, 6.07) is 0. The van der Waals surface area contributed by atoms with Crippen LogP contribution >= 0.6 is 0 Å². The molecule has 0 aromatic carbocycles. The first-order valence-corrected chi connectivity index (χ1v) is 6.51. The summed E-state index contributed by atoms with van der Waals surface area (Å²) in [7, 11) is -3.00. The van der Waals surface area contributed by atoms with Gasteiger partial charge in [-0.05, 0) is 32.6 Å². The average molecular weight is 203 g/mol. The van der Waals surface area contributed by atoms with Crippen molar-refractivity contribution in [2.45, 2.75) is 50.3 Å². The van der Waals surface area contributed by atoms with E-state index in [1.165, 1.54) is 6.42 Å². The molecule has 1 aliphatic heterocycles. The van der Waals surface area contributed by atoms with E-state index in [4.69, 9.17) is 0 Å². The summed E-state index contributed by atoms with van der Waals surface area (Å²) in [5.41, 5.74) is -0.218. The minimum absolute atomic E-state index is 0.115. The Labute approximate surface area is 80.0 Å². The third-order valence-corrected chi connectivity index (χ3v) is 5.61. The molecule has 76 valence electrons. The highest BCUT2D eigenvalue weighted by atomic mass is 32.2. The van der Waals surface area contributed by atoms with E-state index in [9.17, 15) is 8.42 Å². The van der Waals surface area contributed by atoms with Crippen LogP contribution in [0.1, 0.15) is 39.5 Å². The Morgan fingerprint density at radius 3 is 2.46 bits per heavy atom. The van der Waals surface area contributed by atoms with E-state index in [1.54, 1.807) is 0 Å². The summed E-state index contributed by atoms with van der Waals surface area (Å²) in [6.07, 6.45) is 4.16. The lowest BCUT2D eigenvalue weighted by Crippen LogP contribution is -2.40. The van der Waals surface area contributed by atoms with Crippen LogP contribution in [0.3, 0.4) is 0 Å². The minimum Gasteiger partial charge on any atom is -0.212 e. The van der Waals surface area contributed by atoms with Gasteiger partial charge in [-0.15, -0.1) is 0 Å². The van der Waals surface area contributed by atoms with Gasteiger partial charge in [0.15, 0.2) is 0 Å². The standard InChI is InChI=1S/C9H17NO2S/c1-9(2)7-5-3-4-6-8(7)13(11,12)10-9/h7-8,10H,3-6H2,1-2H3. The molecule has 3 nitrogen and oxygen atoms in total. The highest BCUT2D eigenvalue weighted by Gasteiger charge is 2.51. The average Bonchev–Trinajstić information content (AvgIpc) is 2.20. The zero-order chi connectivity index (χ0) is 9.69. The smallest absolute Gasteiger partial charge is 0.212 e. The molecule has 0 aromatic heterocycles. The Morgan fingerprint density at radius 1 is 1.23 bits per heavy atom. The predicted octanol–water partition coefficient (Wildman–Crippen LogP) is 1.26. The van der Waals surface area contributed by atoms with Crippen molar-refractivity contribution in [2.75, 3.05) is 0 Å². The molecule has 0 bridgehead atoms. The lowest BCUT2D eigenvalue weighted by atomic mass is 9.77. The molecule has 1 N–H and O–H groups in total. The van der Waals surface area contributed by atoms with E-state index in [0.717, 1.165) is 19.3 Å². The molecular weight excluding hydrogens is 186 g/mol. The van der Waals surface area contributed by atoms with Gasteiger partial charge in [0, 0.05) is 5.54 Å². The Balaban J connectivity index is 2.36. The summed E-state index contributed by atoms with van der Waals surface area (Å²) in [5, 5.41) is -0.115. The molecule has 0 spiro atoms. The van der Waals surface area contributed by atoms with Crippen LogP contribution in [-0.4, -0.2) is 19.2 Å². The summed E-state index contributed by atoms with van der Waals surface area (Å²) in [6.45, 7) is 4.00. The van der Waals surface area contributed by atoms with Crippen molar-refractivity contribution < 1.29 is 8.42 Å². The van der Waals surface area contributed by atoms with Crippen LogP contribution in [0.15, 0.2) is 0 Å². The van der Waals surface area contributed by atoms with E-state index in [0.29, 0.717) is 5.92 Å². The number of hydrogen-bond acceptors (Lipinski definition) is 2. The zero-order valence-electron chi connectivity index (χ0n) is 8.21. The lowest BCUT2D eigenvalue weighted by Gasteiger charge is -2.30. The van der Waals surface area contributed by atoms with Crippen LogP contribution in [0.25, 0.3) is 0 Å². The molecule has 2 atom stereocenters. The molecular formula is C9H17NO2S. The van der Waals surface area contributed by atoms with Crippen LogP contribution in [0.5, 0.6) is 0 Å². The molecule has 0 radical (unpaired) electrons. The van der Waals surface area contributed by atoms with Gasteiger partial charge >= 0.3 is 0 Å². The quantitative estimate of drug-likeness (QED) is 0.644. The first kappa shape index (κ1) is 9.46. The van der Waals surface area contributed by atoms with E-state index in [1.807, 2.05) is 13.8 Å². The summed E-state index contributed by atoms with van der Waals surface area (Å²) in [4.78, 5) is 0. The lowest BCUT2D eigenvalue weighted by molar-refractivity contribution is 0.257. The second-order valence-electron chi connectivity index (χ2n) is 4.80. The largest absolute Gasteiger partial charge is 0.215 e. The highest BCUT2D eigenvalue weighted by Crippen LogP contribution is 2.41. The minimum atomic E-state index is -3.00. The number of sulfonamides is 1. The molecule has 13 heavy (non-hydrogen) atoms. The predicted molar refractivity (Wildman–Crippen MR) is 51.9 cm³/mol. The van der Waals surface area contributed by atoms with Crippen molar-refractivity contribution in [3.05, 3.63) is 0 Å². The van der Waals surface area contributed by atoms with Crippen molar-refractivity contribution >= 4 is 10.0 Å². The number of hydrogen-bond donors (Lipinski definition) is 1.